The van der Waals surface area contributed by atoms with E-state index in [1.54, 1.807) is 6.20 Å². The molecule has 0 aromatic carbocycles. The Balaban J connectivity index is 1.59. The maximum Gasteiger partial charge on any atom is 0.317 e. The third-order valence-electron chi connectivity index (χ3n) is 5.03. The van der Waals surface area contributed by atoms with Gasteiger partial charge in [-0.3, -0.25) is 0 Å². The molecule has 0 aliphatic carbocycles. The molecule has 1 N–H and O–H groups in total. The lowest BCUT2D eigenvalue weighted by Crippen LogP contribution is -2.47. The van der Waals surface area contributed by atoms with Crippen molar-refractivity contribution in [3.05, 3.63) is 35.2 Å². The van der Waals surface area contributed by atoms with Crippen LogP contribution in [0.25, 0.3) is 0 Å². The Kier molecular flexibility index (Phi) is 5.11. The SMILES string of the molecule is Cc1noc(C)c1CC(C)NC(=O)N1CCCC1Cn1ccnc1C. The number of aromatic nitrogens is 3. The highest BCUT2D eigenvalue weighted by Crippen LogP contribution is 2.20. The Labute approximate surface area is 148 Å². The zero-order chi connectivity index (χ0) is 18.0. The van der Waals surface area contributed by atoms with Crippen molar-refractivity contribution in [3.63, 3.8) is 0 Å². The minimum atomic E-state index is 0.0135. The molecular weight excluding hydrogens is 318 g/mol. The Bertz CT molecular complexity index is 716. The first kappa shape index (κ1) is 17.5. The monoisotopic (exact) mass is 345 g/mol. The summed E-state index contributed by atoms with van der Waals surface area (Å²) in [6, 6.07) is 0.263. The molecular formula is C18H27N5O2. The highest BCUT2D eigenvalue weighted by molar-refractivity contribution is 5.75. The number of urea groups is 1. The van der Waals surface area contributed by atoms with E-state index in [1.165, 1.54) is 0 Å². The van der Waals surface area contributed by atoms with Gasteiger partial charge in [-0.05, 0) is 47.0 Å². The number of hydrogen-bond donors (Lipinski definition) is 1. The fraction of sp³-hybridized carbons (Fsp3) is 0.611. The average molecular weight is 345 g/mol. The van der Waals surface area contributed by atoms with Crippen molar-refractivity contribution in [1.29, 1.82) is 0 Å². The quantitative estimate of drug-likeness (QED) is 0.904. The maximum atomic E-state index is 12.7. The van der Waals surface area contributed by atoms with E-state index in [0.29, 0.717) is 0 Å². The van der Waals surface area contributed by atoms with Crippen LogP contribution in [-0.2, 0) is 13.0 Å². The highest BCUT2D eigenvalue weighted by Gasteiger charge is 2.30. The standard InChI is InChI=1S/C18H27N5O2/c1-12(10-17-13(2)21-25-14(17)3)20-18(24)23-8-5-6-16(23)11-22-9-7-19-15(22)4/h7,9,12,16H,5-6,8,10-11H2,1-4H3,(H,20,24). The molecule has 0 spiro atoms. The van der Waals surface area contributed by atoms with E-state index in [2.05, 4.69) is 20.0 Å². The van der Waals surface area contributed by atoms with Crippen LogP contribution >= 0.6 is 0 Å². The number of nitrogens with one attached hydrogen (secondary N) is 1. The van der Waals surface area contributed by atoms with Crippen molar-refractivity contribution in [2.45, 2.75) is 65.6 Å². The molecule has 7 heteroatoms. The van der Waals surface area contributed by atoms with Crippen molar-refractivity contribution in [2.24, 2.45) is 0 Å². The van der Waals surface area contributed by atoms with Gasteiger partial charge in [0.1, 0.15) is 11.6 Å². The Morgan fingerprint density at radius 3 is 2.88 bits per heavy atom. The van der Waals surface area contributed by atoms with Gasteiger partial charge in [0, 0.05) is 37.1 Å². The molecule has 1 saturated heterocycles. The van der Waals surface area contributed by atoms with Crippen LogP contribution in [-0.4, -0.2) is 44.3 Å². The fourth-order valence-corrected chi connectivity index (χ4v) is 3.56. The van der Waals surface area contributed by atoms with E-state index in [9.17, 15) is 4.79 Å². The molecule has 2 aromatic rings. The van der Waals surface area contributed by atoms with E-state index in [-0.39, 0.29) is 18.1 Å². The van der Waals surface area contributed by atoms with E-state index < -0.39 is 0 Å². The molecule has 2 aromatic heterocycles. The Morgan fingerprint density at radius 2 is 2.24 bits per heavy atom. The molecule has 1 fully saturated rings. The van der Waals surface area contributed by atoms with Crippen LogP contribution in [0.15, 0.2) is 16.9 Å². The molecule has 25 heavy (non-hydrogen) atoms. The number of amides is 2. The number of hydrogen-bond acceptors (Lipinski definition) is 4. The van der Waals surface area contributed by atoms with Gasteiger partial charge in [0.15, 0.2) is 0 Å². The topological polar surface area (TPSA) is 76.2 Å². The van der Waals surface area contributed by atoms with Crippen LogP contribution < -0.4 is 5.32 Å². The Hall–Kier alpha value is -2.31. The second kappa shape index (κ2) is 7.29. The molecule has 2 atom stereocenters. The van der Waals surface area contributed by atoms with Crippen molar-refractivity contribution < 1.29 is 9.32 Å². The average Bonchev–Trinajstić information content (AvgIpc) is 3.26. The van der Waals surface area contributed by atoms with Crippen LogP contribution in [0.3, 0.4) is 0 Å². The summed E-state index contributed by atoms with van der Waals surface area (Å²) in [5.74, 6) is 1.81. The number of aryl methyl sites for hydroxylation is 3. The van der Waals surface area contributed by atoms with E-state index >= 15 is 0 Å². The van der Waals surface area contributed by atoms with Gasteiger partial charge >= 0.3 is 6.03 Å². The third kappa shape index (κ3) is 3.86. The van der Waals surface area contributed by atoms with E-state index in [4.69, 9.17) is 4.52 Å². The molecule has 3 heterocycles. The van der Waals surface area contributed by atoms with Crippen molar-refractivity contribution >= 4 is 6.03 Å². The lowest BCUT2D eigenvalue weighted by Gasteiger charge is -2.27. The summed E-state index contributed by atoms with van der Waals surface area (Å²) in [7, 11) is 0. The summed E-state index contributed by atoms with van der Waals surface area (Å²) in [6.07, 6.45) is 6.59. The van der Waals surface area contributed by atoms with Crippen LogP contribution in [0.5, 0.6) is 0 Å². The first-order valence-corrected chi connectivity index (χ1v) is 8.92. The van der Waals surface area contributed by atoms with Gasteiger partial charge < -0.3 is 19.3 Å². The zero-order valence-corrected chi connectivity index (χ0v) is 15.5. The van der Waals surface area contributed by atoms with Gasteiger partial charge in [-0.25, -0.2) is 9.78 Å². The summed E-state index contributed by atoms with van der Waals surface area (Å²) in [4.78, 5) is 19.0. The third-order valence-corrected chi connectivity index (χ3v) is 5.03. The molecule has 136 valence electrons. The molecule has 7 nitrogen and oxygen atoms in total. The molecule has 1 aliphatic heterocycles. The molecule has 2 unspecified atom stereocenters. The van der Waals surface area contributed by atoms with Gasteiger partial charge in [-0.1, -0.05) is 5.16 Å². The molecule has 3 rings (SSSR count). The lowest BCUT2D eigenvalue weighted by molar-refractivity contribution is 0.184. The maximum absolute atomic E-state index is 12.7. The van der Waals surface area contributed by atoms with Gasteiger partial charge in [0.25, 0.3) is 0 Å². The van der Waals surface area contributed by atoms with Crippen molar-refractivity contribution in [3.8, 4) is 0 Å². The smallest absolute Gasteiger partial charge is 0.317 e. The molecule has 2 amide bonds. The molecule has 0 saturated carbocycles. The van der Waals surface area contributed by atoms with Gasteiger partial charge in [0.05, 0.1) is 11.7 Å². The van der Waals surface area contributed by atoms with Gasteiger partial charge in [-0.2, -0.15) is 0 Å². The van der Waals surface area contributed by atoms with Crippen molar-refractivity contribution in [1.82, 2.24) is 24.9 Å². The largest absolute Gasteiger partial charge is 0.361 e. The van der Waals surface area contributed by atoms with E-state index in [0.717, 1.165) is 55.2 Å². The number of carbonyl (C=O) groups excluding carboxylic acids is 1. The number of nitrogens with zero attached hydrogens (tertiary/aromatic N) is 4. The predicted molar refractivity (Wildman–Crippen MR) is 94.4 cm³/mol. The zero-order valence-electron chi connectivity index (χ0n) is 15.5. The normalized spacial score (nSPS) is 18.6. The van der Waals surface area contributed by atoms with Crippen LogP contribution in [0, 0.1) is 20.8 Å². The van der Waals surface area contributed by atoms with E-state index in [1.807, 2.05) is 38.8 Å². The lowest BCUT2D eigenvalue weighted by atomic mass is 10.1. The first-order valence-electron chi connectivity index (χ1n) is 8.92. The Morgan fingerprint density at radius 1 is 1.44 bits per heavy atom. The summed E-state index contributed by atoms with van der Waals surface area (Å²) < 4.78 is 7.32. The second-order valence-corrected chi connectivity index (χ2v) is 6.97. The van der Waals surface area contributed by atoms with Crippen LogP contribution in [0.2, 0.25) is 0 Å². The summed E-state index contributed by atoms with van der Waals surface area (Å²) >= 11 is 0. The number of rotatable bonds is 5. The fourth-order valence-electron chi connectivity index (χ4n) is 3.56. The number of imidazole rings is 1. The van der Waals surface area contributed by atoms with Crippen LogP contribution in [0.1, 0.15) is 42.6 Å². The predicted octanol–water partition coefficient (Wildman–Crippen LogP) is 2.60. The highest BCUT2D eigenvalue weighted by atomic mass is 16.5. The summed E-state index contributed by atoms with van der Waals surface area (Å²) in [5.41, 5.74) is 1.98. The number of likely N-dealkylation sites (tertiary alicyclic amines) is 1. The molecule has 1 aliphatic rings. The summed E-state index contributed by atoms with van der Waals surface area (Å²) in [5, 5.41) is 7.11. The minimum Gasteiger partial charge on any atom is -0.361 e. The van der Waals surface area contributed by atoms with Crippen molar-refractivity contribution in [2.75, 3.05) is 6.54 Å². The van der Waals surface area contributed by atoms with Crippen LogP contribution in [0.4, 0.5) is 4.79 Å². The van der Waals surface area contributed by atoms with Gasteiger partial charge in [0.2, 0.25) is 0 Å². The molecule has 0 bridgehead atoms. The molecule has 0 radical (unpaired) electrons. The van der Waals surface area contributed by atoms with Gasteiger partial charge in [-0.15, -0.1) is 0 Å². The summed E-state index contributed by atoms with van der Waals surface area (Å²) in [6.45, 7) is 9.47. The second-order valence-electron chi connectivity index (χ2n) is 6.97. The minimum absolute atomic E-state index is 0.0135. The number of carbonyl (C=O) groups is 1. The first-order chi connectivity index (χ1) is 12.0.